The summed E-state index contributed by atoms with van der Waals surface area (Å²) in [5.74, 6) is 0.0142. The van der Waals surface area contributed by atoms with Crippen LogP contribution < -0.4 is 5.32 Å². The average molecular weight is 389 g/mol. The van der Waals surface area contributed by atoms with E-state index in [9.17, 15) is 9.18 Å². The number of thioether (sulfide) groups is 1. The lowest BCUT2D eigenvalue weighted by atomic mass is 9.98. The summed E-state index contributed by atoms with van der Waals surface area (Å²) in [5, 5.41) is 3.14. The van der Waals surface area contributed by atoms with Crippen molar-refractivity contribution in [3.8, 4) is 0 Å². The highest BCUT2D eigenvalue weighted by atomic mass is 32.2. The van der Waals surface area contributed by atoms with Gasteiger partial charge in [-0.25, -0.2) is 4.39 Å². The van der Waals surface area contributed by atoms with Crippen molar-refractivity contribution in [1.82, 2.24) is 10.2 Å². The maximum atomic E-state index is 13.0. The fourth-order valence-electron chi connectivity index (χ4n) is 3.38. The van der Waals surface area contributed by atoms with Gasteiger partial charge >= 0.3 is 0 Å². The quantitative estimate of drug-likeness (QED) is 0.737. The second-order valence-electron chi connectivity index (χ2n) is 6.60. The number of rotatable bonds is 7. The van der Waals surface area contributed by atoms with Crippen molar-refractivity contribution in [2.45, 2.75) is 23.9 Å². The summed E-state index contributed by atoms with van der Waals surface area (Å²) >= 11 is 1.41. The van der Waals surface area contributed by atoms with E-state index < -0.39 is 0 Å². The van der Waals surface area contributed by atoms with E-state index >= 15 is 0 Å². The monoisotopic (exact) mass is 388 g/mol. The number of hydrogen-bond donors (Lipinski definition) is 1. The van der Waals surface area contributed by atoms with Gasteiger partial charge in [-0.2, -0.15) is 0 Å². The van der Waals surface area contributed by atoms with Crippen molar-refractivity contribution < 1.29 is 13.9 Å². The molecule has 2 atom stereocenters. The van der Waals surface area contributed by atoms with Crippen LogP contribution in [0.1, 0.15) is 18.5 Å². The molecule has 2 aromatic rings. The normalized spacial score (nSPS) is 17.3. The van der Waals surface area contributed by atoms with Crippen molar-refractivity contribution in [2.24, 2.45) is 0 Å². The molecule has 4 nitrogen and oxygen atoms in total. The lowest BCUT2D eigenvalue weighted by Crippen LogP contribution is -2.48. The van der Waals surface area contributed by atoms with Gasteiger partial charge in [-0.1, -0.05) is 30.3 Å². The van der Waals surface area contributed by atoms with Gasteiger partial charge in [0.15, 0.2) is 0 Å². The van der Waals surface area contributed by atoms with Crippen molar-refractivity contribution >= 4 is 17.7 Å². The van der Waals surface area contributed by atoms with Gasteiger partial charge < -0.3 is 10.1 Å². The number of benzene rings is 2. The molecule has 3 rings (SSSR count). The molecule has 0 aliphatic carbocycles. The minimum absolute atomic E-state index is 0.0222. The molecule has 2 aromatic carbocycles. The predicted octanol–water partition coefficient (Wildman–Crippen LogP) is 3.50. The Kier molecular flexibility index (Phi) is 7.26. The van der Waals surface area contributed by atoms with Crippen LogP contribution in [-0.2, 0) is 9.53 Å². The molecule has 27 heavy (non-hydrogen) atoms. The summed E-state index contributed by atoms with van der Waals surface area (Å²) in [7, 11) is 0. The van der Waals surface area contributed by atoms with Crippen molar-refractivity contribution in [3.05, 3.63) is 66.0 Å². The highest BCUT2D eigenvalue weighted by Gasteiger charge is 2.28. The third-order valence-electron chi connectivity index (χ3n) is 4.63. The number of carbonyl (C=O) groups is 1. The Hall–Kier alpha value is -1.89. The van der Waals surface area contributed by atoms with E-state index in [2.05, 4.69) is 22.3 Å². The second-order valence-corrected chi connectivity index (χ2v) is 7.65. The van der Waals surface area contributed by atoms with Crippen LogP contribution in [0.5, 0.6) is 0 Å². The number of morpholine rings is 1. The third-order valence-corrected chi connectivity index (χ3v) is 5.64. The lowest BCUT2D eigenvalue weighted by molar-refractivity contribution is -0.119. The van der Waals surface area contributed by atoms with Gasteiger partial charge in [-0.3, -0.25) is 9.69 Å². The summed E-state index contributed by atoms with van der Waals surface area (Å²) in [5.41, 5.74) is 1.19. The first-order valence-electron chi connectivity index (χ1n) is 9.18. The summed E-state index contributed by atoms with van der Waals surface area (Å²) in [4.78, 5) is 15.7. The predicted molar refractivity (Wildman–Crippen MR) is 106 cm³/mol. The van der Waals surface area contributed by atoms with E-state index in [0.29, 0.717) is 19.0 Å². The molecule has 0 aromatic heterocycles. The summed E-state index contributed by atoms with van der Waals surface area (Å²) < 4.78 is 18.5. The van der Waals surface area contributed by atoms with E-state index in [-0.39, 0.29) is 23.8 Å². The number of carbonyl (C=O) groups excluding carboxylic acids is 1. The number of halogens is 1. The van der Waals surface area contributed by atoms with Crippen molar-refractivity contribution in [3.63, 3.8) is 0 Å². The van der Waals surface area contributed by atoms with Gasteiger partial charge in [-0.15, -0.1) is 11.8 Å². The van der Waals surface area contributed by atoms with Crippen LogP contribution in [0.15, 0.2) is 59.5 Å². The maximum absolute atomic E-state index is 13.0. The summed E-state index contributed by atoms with van der Waals surface area (Å²) in [6.45, 7) is 5.18. The molecule has 0 bridgehead atoms. The molecule has 1 aliphatic rings. The topological polar surface area (TPSA) is 41.6 Å². The second kappa shape index (κ2) is 9.88. The molecule has 1 heterocycles. The molecule has 6 heteroatoms. The summed E-state index contributed by atoms with van der Waals surface area (Å²) in [6.07, 6.45) is 0. The van der Waals surface area contributed by atoms with Gasteiger partial charge in [0.05, 0.1) is 25.0 Å². The van der Waals surface area contributed by atoms with Crippen LogP contribution in [0.3, 0.4) is 0 Å². The Morgan fingerprint density at radius 3 is 2.48 bits per heavy atom. The van der Waals surface area contributed by atoms with E-state index in [1.807, 2.05) is 25.1 Å². The zero-order valence-corrected chi connectivity index (χ0v) is 16.3. The van der Waals surface area contributed by atoms with Gasteiger partial charge in [0, 0.05) is 24.0 Å². The SMILES string of the molecule is C[C@@H](NC(=O)CSc1ccc(F)cc1)[C@H](c1ccccc1)N1CCOCC1. The van der Waals surface area contributed by atoms with Crippen molar-refractivity contribution in [2.75, 3.05) is 32.1 Å². The third kappa shape index (κ3) is 5.79. The molecule has 0 unspecified atom stereocenters. The number of hydrogen-bond acceptors (Lipinski definition) is 4. The average Bonchev–Trinajstić information content (AvgIpc) is 2.69. The van der Waals surface area contributed by atoms with E-state index in [0.717, 1.165) is 18.0 Å². The summed E-state index contributed by atoms with van der Waals surface area (Å²) in [6, 6.07) is 16.5. The first-order chi connectivity index (χ1) is 13.1. The molecule has 144 valence electrons. The number of nitrogens with zero attached hydrogens (tertiary/aromatic N) is 1. The highest BCUT2D eigenvalue weighted by Crippen LogP contribution is 2.26. The van der Waals surface area contributed by atoms with Crippen LogP contribution >= 0.6 is 11.8 Å². The zero-order valence-electron chi connectivity index (χ0n) is 15.4. The van der Waals surface area contributed by atoms with Crippen LogP contribution in [-0.4, -0.2) is 48.9 Å². The van der Waals surface area contributed by atoms with Crippen molar-refractivity contribution in [1.29, 1.82) is 0 Å². The first-order valence-corrected chi connectivity index (χ1v) is 10.2. The molecule has 1 aliphatic heterocycles. The van der Waals surface area contributed by atoms with Gasteiger partial charge in [0.1, 0.15) is 5.82 Å². The van der Waals surface area contributed by atoms with Gasteiger partial charge in [0.25, 0.3) is 0 Å². The standard InChI is InChI=1S/C21H25FN2O2S/c1-16(23-20(25)15-27-19-9-7-18(22)8-10-19)21(17-5-3-2-4-6-17)24-11-13-26-14-12-24/h2-10,16,21H,11-15H2,1H3,(H,23,25)/t16-,21-/m1/s1. The number of amides is 1. The molecule has 0 spiro atoms. The van der Waals surface area contributed by atoms with Crippen LogP contribution in [0.4, 0.5) is 4.39 Å². The number of ether oxygens (including phenoxy) is 1. The highest BCUT2D eigenvalue weighted by molar-refractivity contribution is 8.00. The van der Waals surface area contributed by atoms with E-state index in [4.69, 9.17) is 4.74 Å². The number of nitrogens with one attached hydrogen (secondary N) is 1. The largest absolute Gasteiger partial charge is 0.379 e. The molecule has 1 fully saturated rings. The minimum atomic E-state index is -0.270. The van der Waals surface area contributed by atoms with Crippen LogP contribution in [0, 0.1) is 5.82 Å². The molecular formula is C21H25FN2O2S. The smallest absolute Gasteiger partial charge is 0.230 e. The Morgan fingerprint density at radius 2 is 1.81 bits per heavy atom. The van der Waals surface area contributed by atoms with Crippen LogP contribution in [0.2, 0.25) is 0 Å². The van der Waals surface area contributed by atoms with E-state index in [1.54, 1.807) is 12.1 Å². The molecule has 1 amide bonds. The Bertz CT molecular complexity index is 721. The molecular weight excluding hydrogens is 363 g/mol. The molecule has 1 N–H and O–H groups in total. The fourth-order valence-corrected chi connectivity index (χ4v) is 4.09. The Labute approximate surface area is 164 Å². The Balaban J connectivity index is 1.61. The molecule has 1 saturated heterocycles. The molecule has 0 saturated carbocycles. The maximum Gasteiger partial charge on any atom is 0.230 e. The molecule has 0 radical (unpaired) electrons. The Morgan fingerprint density at radius 1 is 1.15 bits per heavy atom. The first kappa shape index (κ1) is 19.9. The fraction of sp³-hybridized carbons (Fsp3) is 0.381. The zero-order chi connectivity index (χ0) is 19.1. The van der Waals surface area contributed by atoms with Gasteiger partial charge in [-0.05, 0) is 36.8 Å². The minimum Gasteiger partial charge on any atom is -0.379 e. The lowest BCUT2D eigenvalue weighted by Gasteiger charge is -2.38. The van der Waals surface area contributed by atoms with E-state index in [1.165, 1.54) is 29.5 Å². The van der Waals surface area contributed by atoms with Gasteiger partial charge in [0.2, 0.25) is 5.91 Å². The van der Waals surface area contributed by atoms with Crippen LogP contribution in [0.25, 0.3) is 0 Å².